The van der Waals surface area contributed by atoms with Crippen molar-refractivity contribution < 1.29 is 4.39 Å². The number of hydrazine groups is 1. The molecule has 15 heavy (non-hydrogen) atoms. The van der Waals surface area contributed by atoms with Crippen LogP contribution in [-0.2, 0) is 0 Å². The predicted octanol–water partition coefficient (Wildman–Crippen LogP) is 1.91. The highest BCUT2D eigenvalue weighted by Gasteiger charge is 2.23. The number of hydrogen-bond donors (Lipinski definition) is 1. The van der Waals surface area contributed by atoms with Crippen molar-refractivity contribution in [1.29, 1.82) is 0 Å². The van der Waals surface area contributed by atoms with E-state index in [0.717, 1.165) is 25.1 Å². The van der Waals surface area contributed by atoms with Crippen LogP contribution in [0.3, 0.4) is 0 Å². The molecule has 0 aromatic carbocycles. The minimum absolute atomic E-state index is 0.282. The number of rotatable bonds is 2. The normalized spacial score (nSPS) is 22.2. The predicted molar refractivity (Wildman–Crippen MR) is 59.9 cm³/mol. The largest absolute Gasteiger partial charge is 0.258 e. The molecule has 1 atom stereocenters. The Bertz CT molecular complexity index is 359. The van der Waals surface area contributed by atoms with Crippen molar-refractivity contribution >= 4 is 15.9 Å². The lowest BCUT2D eigenvalue weighted by Gasteiger charge is -2.14. The standard InChI is InChI=1S/C10H13BrFN3/c1-13-15-3-2-7(6-15)8-4-9(12)10(11)14-5-8/h4-5,7,13H,2-3,6H2,1H3/t7-/m1/s1. The molecule has 1 aromatic rings. The molecule has 5 heteroatoms. The quantitative estimate of drug-likeness (QED) is 0.835. The molecule has 1 N–H and O–H groups in total. The first-order chi connectivity index (χ1) is 7.20. The molecule has 0 bridgehead atoms. The summed E-state index contributed by atoms with van der Waals surface area (Å²) < 4.78 is 13.6. The first kappa shape index (κ1) is 11.0. The van der Waals surface area contributed by atoms with Crippen LogP contribution in [0.25, 0.3) is 0 Å². The fourth-order valence-corrected chi connectivity index (χ4v) is 2.11. The van der Waals surface area contributed by atoms with E-state index < -0.39 is 0 Å². The number of nitrogens with zero attached hydrogens (tertiary/aromatic N) is 2. The van der Waals surface area contributed by atoms with Crippen LogP contribution in [0, 0.1) is 5.82 Å². The number of halogens is 2. The van der Waals surface area contributed by atoms with Gasteiger partial charge in [0.05, 0.1) is 0 Å². The molecule has 0 aliphatic carbocycles. The highest BCUT2D eigenvalue weighted by atomic mass is 79.9. The molecule has 1 aliphatic rings. The first-order valence-corrected chi connectivity index (χ1v) is 5.73. The summed E-state index contributed by atoms with van der Waals surface area (Å²) >= 11 is 3.05. The second kappa shape index (κ2) is 4.55. The maximum absolute atomic E-state index is 13.3. The van der Waals surface area contributed by atoms with Crippen molar-refractivity contribution in [2.24, 2.45) is 0 Å². The van der Waals surface area contributed by atoms with Crippen molar-refractivity contribution in [2.75, 3.05) is 20.1 Å². The smallest absolute Gasteiger partial charge is 0.156 e. The summed E-state index contributed by atoms with van der Waals surface area (Å²) in [6.45, 7) is 1.91. The molecule has 82 valence electrons. The lowest BCUT2D eigenvalue weighted by molar-refractivity contribution is 0.258. The van der Waals surface area contributed by atoms with E-state index in [-0.39, 0.29) is 10.4 Å². The lowest BCUT2D eigenvalue weighted by Crippen LogP contribution is -2.32. The zero-order valence-corrected chi connectivity index (χ0v) is 10.1. The van der Waals surface area contributed by atoms with E-state index in [9.17, 15) is 4.39 Å². The van der Waals surface area contributed by atoms with Crippen LogP contribution in [0.4, 0.5) is 4.39 Å². The molecule has 1 fully saturated rings. The van der Waals surface area contributed by atoms with Crippen LogP contribution in [0.1, 0.15) is 17.9 Å². The van der Waals surface area contributed by atoms with Gasteiger partial charge in [-0.1, -0.05) is 0 Å². The SMILES string of the molecule is CNN1CC[C@@H](c2cnc(Br)c(F)c2)C1. The molecule has 0 unspecified atom stereocenters. The minimum Gasteiger partial charge on any atom is -0.258 e. The average Bonchev–Trinajstić information content (AvgIpc) is 2.70. The summed E-state index contributed by atoms with van der Waals surface area (Å²) in [6, 6.07) is 1.57. The molecule has 2 rings (SSSR count). The summed E-state index contributed by atoms with van der Waals surface area (Å²) in [5.74, 6) is 0.1000. The summed E-state index contributed by atoms with van der Waals surface area (Å²) in [5, 5.41) is 2.13. The Labute approximate surface area is 96.8 Å². The second-order valence-electron chi connectivity index (χ2n) is 3.70. The van der Waals surface area contributed by atoms with Crippen molar-refractivity contribution in [3.8, 4) is 0 Å². The van der Waals surface area contributed by atoms with Crippen LogP contribution < -0.4 is 5.43 Å². The zero-order valence-electron chi connectivity index (χ0n) is 8.50. The monoisotopic (exact) mass is 273 g/mol. The fourth-order valence-electron chi connectivity index (χ4n) is 1.89. The zero-order chi connectivity index (χ0) is 10.8. The second-order valence-corrected chi connectivity index (χ2v) is 4.45. The van der Waals surface area contributed by atoms with Crippen LogP contribution in [0.15, 0.2) is 16.9 Å². The molecule has 0 amide bonds. The third kappa shape index (κ3) is 2.35. The van der Waals surface area contributed by atoms with Gasteiger partial charge < -0.3 is 0 Å². The topological polar surface area (TPSA) is 28.2 Å². The molecule has 3 nitrogen and oxygen atoms in total. The number of hydrogen-bond acceptors (Lipinski definition) is 3. The van der Waals surface area contributed by atoms with E-state index in [1.165, 1.54) is 0 Å². The van der Waals surface area contributed by atoms with Crippen molar-refractivity contribution in [3.05, 3.63) is 28.2 Å². The molecule has 0 radical (unpaired) electrons. The van der Waals surface area contributed by atoms with Gasteiger partial charge in [0.2, 0.25) is 0 Å². The Morgan fingerprint density at radius 2 is 2.47 bits per heavy atom. The molecular formula is C10H13BrFN3. The molecule has 1 aromatic heterocycles. The van der Waals surface area contributed by atoms with Crippen LogP contribution in [-0.4, -0.2) is 30.1 Å². The van der Waals surface area contributed by atoms with Gasteiger partial charge in [-0.2, -0.15) is 0 Å². The third-order valence-corrected chi connectivity index (χ3v) is 3.38. The minimum atomic E-state index is -0.282. The lowest BCUT2D eigenvalue weighted by atomic mass is 10.0. The molecule has 2 heterocycles. The van der Waals surface area contributed by atoms with E-state index in [1.54, 1.807) is 12.3 Å². The van der Waals surface area contributed by atoms with Crippen molar-refractivity contribution in [2.45, 2.75) is 12.3 Å². The summed E-state index contributed by atoms with van der Waals surface area (Å²) in [6.07, 6.45) is 2.79. The van der Waals surface area contributed by atoms with Gasteiger partial charge in [-0.05, 0) is 41.0 Å². The van der Waals surface area contributed by atoms with Gasteiger partial charge in [-0.3, -0.25) is 5.43 Å². The first-order valence-electron chi connectivity index (χ1n) is 4.94. The van der Waals surface area contributed by atoms with E-state index in [0.29, 0.717) is 5.92 Å². The number of pyridine rings is 1. The van der Waals surface area contributed by atoms with Gasteiger partial charge >= 0.3 is 0 Å². The van der Waals surface area contributed by atoms with Crippen molar-refractivity contribution in [3.63, 3.8) is 0 Å². The highest BCUT2D eigenvalue weighted by Crippen LogP contribution is 2.27. The van der Waals surface area contributed by atoms with Gasteiger partial charge in [0, 0.05) is 25.2 Å². The van der Waals surface area contributed by atoms with Crippen LogP contribution in [0.5, 0.6) is 0 Å². The third-order valence-electron chi connectivity index (χ3n) is 2.79. The number of nitrogens with one attached hydrogen (secondary N) is 1. The summed E-state index contributed by atoms with van der Waals surface area (Å²) in [5.41, 5.74) is 4.08. The van der Waals surface area contributed by atoms with E-state index >= 15 is 0 Å². The van der Waals surface area contributed by atoms with Gasteiger partial charge in [0.25, 0.3) is 0 Å². The van der Waals surface area contributed by atoms with E-state index in [4.69, 9.17) is 0 Å². The summed E-state index contributed by atoms with van der Waals surface area (Å²) in [7, 11) is 1.91. The average molecular weight is 274 g/mol. The Morgan fingerprint density at radius 1 is 1.67 bits per heavy atom. The Morgan fingerprint density at radius 3 is 3.07 bits per heavy atom. The maximum atomic E-state index is 13.3. The van der Waals surface area contributed by atoms with Gasteiger partial charge in [0.1, 0.15) is 4.60 Å². The van der Waals surface area contributed by atoms with E-state index in [1.807, 2.05) is 7.05 Å². The molecular weight excluding hydrogens is 261 g/mol. The Balaban J connectivity index is 2.13. The molecule has 1 saturated heterocycles. The van der Waals surface area contributed by atoms with Gasteiger partial charge in [0.15, 0.2) is 5.82 Å². The Kier molecular flexibility index (Phi) is 3.33. The number of aromatic nitrogens is 1. The van der Waals surface area contributed by atoms with Crippen LogP contribution >= 0.6 is 15.9 Å². The fraction of sp³-hybridized carbons (Fsp3) is 0.500. The summed E-state index contributed by atoms with van der Waals surface area (Å²) in [4.78, 5) is 3.98. The molecule has 0 saturated carbocycles. The van der Waals surface area contributed by atoms with Gasteiger partial charge in [-0.25, -0.2) is 14.4 Å². The highest BCUT2D eigenvalue weighted by molar-refractivity contribution is 9.10. The Hall–Kier alpha value is -0.520. The van der Waals surface area contributed by atoms with E-state index in [2.05, 4.69) is 31.3 Å². The molecule has 1 aliphatic heterocycles. The van der Waals surface area contributed by atoms with Crippen LogP contribution in [0.2, 0.25) is 0 Å². The van der Waals surface area contributed by atoms with Crippen molar-refractivity contribution in [1.82, 2.24) is 15.4 Å². The maximum Gasteiger partial charge on any atom is 0.156 e. The molecule has 0 spiro atoms. The van der Waals surface area contributed by atoms with Gasteiger partial charge in [-0.15, -0.1) is 0 Å².